The van der Waals surface area contributed by atoms with Gasteiger partial charge in [0.05, 0.1) is 5.41 Å². The molecule has 0 bridgehead atoms. The van der Waals surface area contributed by atoms with Crippen LogP contribution in [0.25, 0.3) is 27.1 Å². The van der Waals surface area contributed by atoms with E-state index < -0.39 is 0 Å². The van der Waals surface area contributed by atoms with Crippen molar-refractivity contribution in [2.24, 2.45) is 0 Å². The number of rotatable bonds is 4. The number of hydrogen-bond donors (Lipinski definition) is 0. The molecule has 0 saturated heterocycles. The van der Waals surface area contributed by atoms with Crippen molar-refractivity contribution in [2.75, 3.05) is 19.0 Å². The summed E-state index contributed by atoms with van der Waals surface area (Å²) in [6.07, 6.45) is 13.0. The fourth-order valence-corrected chi connectivity index (χ4v) is 9.20. The van der Waals surface area contributed by atoms with Crippen molar-refractivity contribution in [3.63, 3.8) is 0 Å². The fourth-order valence-electron chi connectivity index (χ4n) is 9.20. The second-order valence-electron chi connectivity index (χ2n) is 15.3. The number of likely N-dealkylation sites (N-methyl/N-ethyl adjacent to an activating group) is 1. The van der Waals surface area contributed by atoms with E-state index in [1.165, 1.54) is 83.3 Å². The summed E-state index contributed by atoms with van der Waals surface area (Å²) in [6, 6.07) is 35.7. The summed E-state index contributed by atoms with van der Waals surface area (Å²) >= 11 is 0. The molecule has 0 atom stereocenters. The normalized spacial score (nSPS) is 19.6. The number of anilines is 1. The van der Waals surface area contributed by atoms with Gasteiger partial charge in [-0.3, -0.25) is 0 Å². The molecule has 0 spiro atoms. The van der Waals surface area contributed by atoms with E-state index in [0.29, 0.717) is 0 Å². The molecule has 252 valence electrons. The first-order valence-electron chi connectivity index (χ1n) is 17.9. The Labute approximate surface area is 304 Å². The second-order valence-corrected chi connectivity index (χ2v) is 15.3. The molecule has 1 aliphatic carbocycles. The first-order chi connectivity index (χ1) is 23.6. The molecule has 2 nitrogen and oxygen atoms in total. The monoisotopic (exact) mass is 674 g/mol. The van der Waals surface area contributed by atoms with Crippen LogP contribution < -0.4 is 17.3 Å². The Morgan fingerprint density at radius 3 is 2.04 bits per heavy atom. The average molecular weight is 675 g/mol. The van der Waals surface area contributed by atoms with E-state index in [-0.39, 0.29) is 23.2 Å². The van der Waals surface area contributed by atoms with Gasteiger partial charge in [-0.2, -0.15) is 4.58 Å². The summed E-state index contributed by atoms with van der Waals surface area (Å²) in [6.45, 7) is 11.8. The van der Waals surface area contributed by atoms with Crippen LogP contribution in [0.3, 0.4) is 0 Å². The van der Waals surface area contributed by atoms with Crippen molar-refractivity contribution in [1.82, 2.24) is 0 Å². The predicted octanol–water partition coefficient (Wildman–Crippen LogP) is 8.74. The van der Waals surface area contributed by atoms with Gasteiger partial charge >= 0.3 is 0 Å². The summed E-state index contributed by atoms with van der Waals surface area (Å²) < 4.78 is 2.41. The Bertz CT molecular complexity index is 2340. The number of benzene rings is 5. The highest BCUT2D eigenvalue weighted by atomic mass is 35.5. The Balaban J connectivity index is 0.00000392. The number of fused-ring (bicyclic) bond motifs is 6. The maximum Gasteiger partial charge on any atom is 0.210 e. The summed E-state index contributed by atoms with van der Waals surface area (Å²) in [5.41, 5.74) is 14.9. The first-order valence-corrected chi connectivity index (χ1v) is 17.9. The fraction of sp³-hybridized carbons (Fsp3) is 0.255. The van der Waals surface area contributed by atoms with Crippen LogP contribution in [0, 0.1) is 6.92 Å². The predicted molar refractivity (Wildman–Crippen MR) is 210 cm³/mol. The molecule has 5 aromatic carbocycles. The Morgan fingerprint density at radius 2 is 1.32 bits per heavy atom. The highest BCUT2D eigenvalue weighted by Gasteiger charge is 2.44. The number of hydrogen-bond acceptors (Lipinski definition) is 1. The van der Waals surface area contributed by atoms with Crippen LogP contribution in [0.2, 0.25) is 0 Å². The molecule has 0 aromatic heterocycles. The molecule has 0 saturated carbocycles. The molecule has 0 fully saturated rings. The van der Waals surface area contributed by atoms with Gasteiger partial charge < -0.3 is 17.3 Å². The van der Waals surface area contributed by atoms with Crippen LogP contribution in [-0.2, 0) is 10.8 Å². The van der Waals surface area contributed by atoms with Gasteiger partial charge in [0.15, 0.2) is 5.71 Å². The largest absolute Gasteiger partial charge is 1.00 e. The zero-order valence-electron chi connectivity index (χ0n) is 30.4. The van der Waals surface area contributed by atoms with Gasteiger partial charge in [-0.15, -0.1) is 0 Å². The van der Waals surface area contributed by atoms with Crippen molar-refractivity contribution >= 4 is 44.2 Å². The number of halogens is 1. The van der Waals surface area contributed by atoms with E-state index in [2.05, 4.69) is 180 Å². The lowest BCUT2D eigenvalue weighted by molar-refractivity contribution is -0.401. The SMILES string of the molecule is Cc1ccccc1C1=C(C=CC2=[N+](C)c3ccc4ccccc4c3C2(C)C)CCCC1=CC=C1N(C)c2ccc3ccccc3c2C1(C)C.[Cl-]. The molecule has 3 aliphatic rings. The summed E-state index contributed by atoms with van der Waals surface area (Å²) in [5, 5.41) is 5.32. The molecule has 0 N–H and O–H groups in total. The van der Waals surface area contributed by atoms with E-state index in [4.69, 9.17) is 0 Å². The topological polar surface area (TPSA) is 6.25 Å². The second kappa shape index (κ2) is 12.6. The van der Waals surface area contributed by atoms with Gasteiger partial charge in [-0.05, 0) is 113 Å². The molecule has 2 aliphatic heterocycles. The van der Waals surface area contributed by atoms with Crippen LogP contribution in [0.4, 0.5) is 11.4 Å². The Kier molecular flexibility index (Phi) is 8.51. The average Bonchev–Trinajstić information content (AvgIpc) is 3.43. The van der Waals surface area contributed by atoms with Crippen LogP contribution in [0.1, 0.15) is 69.2 Å². The van der Waals surface area contributed by atoms with Crippen molar-refractivity contribution < 1.29 is 17.0 Å². The molecular formula is C47H47ClN2. The lowest BCUT2D eigenvalue weighted by Gasteiger charge is -2.26. The van der Waals surface area contributed by atoms with E-state index >= 15 is 0 Å². The highest BCUT2D eigenvalue weighted by Crippen LogP contribution is 2.50. The number of aryl methyl sites for hydroxylation is 1. The lowest BCUT2D eigenvalue weighted by atomic mass is 9.78. The third kappa shape index (κ3) is 5.19. The minimum Gasteiger partial charge on any atom is -1.00 e. The van der Waals surface area contributed by atoms with Gasteiger partial charge in [0, 0.05) is 41.6 Å². The van der Waals surface area contributed by atoms with E-state index in [9.17, 15) is 0 Å². The molecule has 8 rings (SSSR count). The summed E-state index contributed by atoms with van der Waals surface area (Å²) in [7, 11) is 4.47. The highest BCUT2D eigenvalue weighted by molar-refractivity contribution is 6.08. The molecule has 3 heteroatoms. The van der Waals surface area contributed by atoms with E-state index in [0.717, 1.165) is 19.3 Å². The standard InChI is InChI=1S/C47H47N2.ClH/c1-31-15-8-11-20-36(31)43-34(25-29-41-46(2,3)44-37-21-12-9-16-32(37)23-27-39(44)48(41)6)18-14-19-35(43)26-30-42-47(4,5)45-38-22-13-10-17-33(38)24-28-40(45)49(42)7;/h8-13,15-17,20-30H,14,18-19H2,1-7H3;1H/q+1;/p-1. The van der Waals surface area contributed by atoms with Crippen LogP contribution in [0.15, 0.2) is 138 Å². The number of nitrogens with zero attached hydrogens (tertiary/aromatic N) is 2. The molecule has 5 aromatic rings. The van der Waals surface area contributed by atoms with Gasteiger partial charge in [0.2, 0.25) is 5.69 Å². The van der Waals surface area contributed by atoms with Crippen molar-refractivity contribution in [1.29, 1.82) is 0 Å². The number of allylic oxidation sites excluding steroid dienone is 8. The molecule has 50 heavy (non-hydrogen) atoms. The van der Waals surface area contributed by atoms with Gasteiger partial charge in [0.25, 0.3) is 0 Å². The first kappa shape index (κ1) is 33.8. The third-order valence-electron chi connectivity index (χ3n) is 11.6. The third-order valence-corrected chi connectivity index (χ3v) is 11.6. The molecule has 0 unspecified atom stereocenters. The van der Waals surface area contributed by atoms with Crippen molar-refractivity contribution in [2.45, 2.75) is 64.7 Å². The molecule has 2 heterocycles. The quantitative estimate of drug-likeness (QED) is 0.173. The van der Waals surface area contributed by atoms with Crippen molar-refractivity contribution in [3.05, 3.63) is 160 Å². The van der Waals surface area contributed by atoms with Crippen LogP contribution in [-0.4, -0.2) is 24.4 Å². The molecule has 0 radical (unpaired) electrons. The summed E-state index contributed by atoms with van der Waals surface area (Å²) in [4.78, 5) is 2.41. The minimum atomic E-state index is -0.111. The Morgan fingerprint density at radius 1 is 0.680 bits per heavy atom. The van der Waals surface area contributed by atoms with Crippen LogP contribution in [0.5, 0.6) is 0 Å². The van der Waals surface area contributed by atoms with Gasteiger partial charge in [-0.25, -0.2) is 0 Å². The lowest BCUT2D eigenvalue weighted by Crippen LogP contribution is -3.00. The van der Waals surface area contributed by atoms with E-state index in [1.54, 1.807) is 0 Å². The molecular weight excluding hydrogens is 628 g/mol. The van der Waals surface area contributed by atoms with Gasteiger partial charge in [0.1, 0.15) is 7.05 Å². The maximum absolute atomic E-state index is 2.44. The summed E-state index contributed by atoms with van der Waals surface area (Å²) in [5.74, 6) is 0. The zero-order chi connectivity index (χ0) is 34.1. The minimum absolute atomic E-state index is 0. The van der Waals surface area contributed by atoms with Crippen LogP contribution >= 0.6 is 0 Å². The Hall–Kier alpha value is -4.66. The van der Waals surface area contributed by atoms with Crippen molar-refractivity contribution in [3.8, 4) is 0 Å². The smallest absolute Gasteiger partial charge is 0.210 e. The maximum atomic E-state index is 2.44. The zero-order valence-corrected chi connectivity index (χ0v) is 31.2. The van der Waals surface area contributed by atoms with E-state index in [1.807, 2.05) is 0 Å². The van der Waals surface area contributed by atoms with Gasteiger partial charge in [-0.1, -0.05) is 105 Å². The molecule has 0 amide bonds.